The van der Waals surface area contributed by atoms with Crippen molar-refractivity contribution < 1.29 is 24.2 Å². The maximum atomic E-state index is 14.6. The molecule has 3 amide bonds. The number of benzene rings is 2. The number of anilines is 3. The first-order valence-corrected chi connectivity index (χ1v) is 16.7. The summed E-state index contributed by atoms with van der Waals surface area (Å²) in [6.07, 6.45) is 8.42. The molecule has 5 heterocycles. The second-order valence-corrected chi connectivity index (χ2v) is 13.1. The van der Waals surface area contributed by atoms with Crippen LogP contribution >= 0.6 is 0 Å². The number of rotatable bonds is 9. The molecule has 3 saturated heterocycles. The molecule has 0 unspecified atom stereocenters. The van der Waals surface area contributed by atoms with Gasteiger partial charge in [-0.05, 0) is 74.4 Å². The van der Waals surface area contributed by atoms with Gasteiger partial charge in [0.1, 0.15) is 0 Å². The van der Waals surface area contributed by atoms with Crippen molar-refractivity contribution in [1.29, 1.82) is 0 Å². The first-order chi connectivity index (χ1) is 22.4. The predicted octanol–water partition coefficient (Wildman–Crippen LogP) is 4.10. The van der Waals surface area contributed by atoms with Crippen molar-refractivity contribution in [1.82, 2.24) is 15.0 Å². The normalized spacial score (nSPS) is 24.8. The minimum absolute atomic E-state index is 0.0236. The van der Waals surface area contributed by atoms with Crippen LogP contribution in [0.3, 0.4) is 0 Å². The Balaban J connectivity index is 1.17. The number of ether oxygens (including phenoxy) is 1. The largest absolute Gasteiger partial charge is 0.396 e. The highest BCUT2D eigenvalue weighted by Gasteiger charge is 2.60. The van der Waals surface area contributed by atoms with Gasteiger partial charge in [-0.2, -0.15) is 0 Å². The fourth-order valence-electron chi connectivity index (χ4n) is 7.64. The van der Waals surface area contributed by atoms with Crippen LogP contribution in [0.25, 0.3) is 0 Å². The summed E-state index contributed by atoms with van der Waals surface area (Å²) < 4.78 is 8.61. The Kier molecular flexibility index (Phi) is 8.37. The zero-order valence-corrected chi connectivity index (χ0v) is 26.4. The highest BCUT2D eigenvalue weighted by molar-refractivity contribution is 6.08. The van der Waals surface area contributed by atoms with Crippen LogP contribution in [-0.2, 0) is 44.2 Å². The molecular weight excluding hydrogens is 584 g/mol. The number of nitrogens with zero attached hydrogens (tertiary/aromatic N) is 6. The first-order valence-electron chi connectivity index (χ1n) is 16.7. The molecule has 1 aromatic heterocycles. The fourth-order valence-corrected chi connectivity index (χ4v) is 7.64. The molecule has 0 radical (unpaired) electrons. The van der Waals surface area contributed by atoms with E-state index in [0.29, 0.717) is 51.7 Å². The van der Waals surface area contributed by atoms with Crippen molar-refractivity contribution in [2.75, 3.05) is 34.4 Å². The average molecular weight is 627 g/mol. The summed E-state index contributed by atoms with van der Waals surface area (Å²) in [6.45, 7) is 4.47. The Bertz CT molecular complexity index is 1620. The van der Waals surface area contributed by atoms with Crippen molar-refractivity contribution in [2.24, 2.45) is 5.92 Å². The minimum Gasteiger partial charge on any atom is -0.396 e. The molecule has 0 bridgehead atoms. The lowest BCUT2D eigenvalue weighted by Crippen LogP contribution is -2.43. The van der Waals surface area contributed by atoms with E-state index in [2.05, 4.69) is 17.2 Å². The summed E-state index contributed by atoms with van der Waals surface area (Å²) in [5.41, 5.74) is 3.89. The molecular formula is C35H42N6O5. The van der Waals surface area contributed by atoms with Crippen LogP contribution in [0, 0.1) is 5.92 Å². The molecule has 242 valence electrons. The minimum atomic E-state index is -1.15. The average Bonchev–Trinajstić information content (AvgIpc) is 3.72. The SMILES string of the molecule is C[C@H]1C[C@@H](CCn2cc(CCO)nn2)O[C@]12C(=O)N(Cc1ccc(N3CCCCC3=O)cc1)c1ccc(N3CCCCC3=O)cc12. The van der Waals surface area contributed by atoms with Gasteiger partial charge in [-0.25, -0.2) is 0 Å². The van der Waals surface area contributed by atoms with Gasteiger partial charge in [0.2, 0.25) is 11.8 Å². The van der Waals surface area contributed by atoms with Crippen LogP contribution in [-0.4, -0.2) is 63.6 Å². The summed E-state index contributed by atoms with van der Waals surface area (Å²) >= 11 is 0. The van der Waals surface area contributed by atoms with Crippen molar-refractivity contribution in [2.45, 2.75) is 89.5 Å². The van der Waals surface area contributed by atoms with Gasteiger partial charge in [0.05, 0.1) is 24.0 Å². The van der Waals surface area contributed by atoms with Crippen LogP contribution < -0.4 is 14.7 Å². The van der Waals surface area contributed by atoms with Crippen LogP contribution in [0.15, 0.2) is 48.7 Å². The number of aliphatic hydroxyl groups is 1. The maximum absolute atomic E-state index is 14.6. The van der Waals surface area contributed by atoms with Crippen molar-refractivity contribution in [3.05, 3.63) is 65.5 Å². The van der Waals surface area contributed by atoms with E-state index in [0.717, 1.165) is 66.1 Å². The lowest BCUT2D eigenvalue weighted by molar-refractivity contribution is -0.146. The van der Waals surface area contributed by atoms with Gasteiger partial charge in [0, 0.05) is 74.6 Å². The molecule has 7 rings (SSSR count). The summed E-state index contributed by atoms with van der Waals surface area (Å²) in [6, 6.07) is 13.9. The van der Waals surface area contributed by atoms with Crippen molar-refractivity contribution in [3.63, 3.8) is 0 Å². The summed E-state index contributed by atoms with van der Waals surface area (Å²) in [5.74, 6) is 0.0967. The summed E-state index contributed by atoms with van der Waals surface area (Å²) in [5, 5.41) is 17.5. The maximum Gasteiger partial charge on any atom is 0.264 e. The molecule has 3 aromatic rings. The van der Waals surface area contributed by atoms with Gasteiger partial charge in [-0.15, -0.1) is 5.10 Å². The molecule has 46 heavy (non-hydrogen) atoms. The van der Waals surface area contributed by atoms with E-state index in [1.165, 1.54) is 0 Å². The Morgan fingerprint density at radius 3 is 2.33 bits per heavy atom. The number of carbonyl (C=O) groups is 3. The Morgan fingerprint density at radius 2 is 1.63 bits per heavy atom. The number of hydrogen-bond donors (Lipinski definition) is 1. The molecule has 0 aliphatic carbocycles. The molecule has 11 nitrogen and oxygen atoms in total. The third-order valence-electron chi connectivity index (χ3n) is 10.1. The van der Waals surface area contributed by atoms with Crippen molar-refractivity contribution >= 4 is 34.8 Å². The number of aromatic nitrogens is 3. The van der Waals surface area contributed by atoms with Crippen LogP contribution in [0.2, 0.25) is 0 Å². The van der Waals surface area contributed by atoms with E-state index in [1.807, 2.05) is 63.4 Å². The molecule has 1 N–H and O–H groups in total. The van der Waals surface area contributed by atoms with Crippen LogP contribution in [0.5, 0.6) is 0 Å². The second-order valence-electron chi connectivity index (χ2n) is 13.1. The highest BCUT2D eigenvalue weighted by atomic mass is 16.5. The zero-order chi connectivity index (χ0) is 31.8. The molecule has 4 aliphatic heterocycles. The van der Waals surface area contributed by atoms with Gasteiger partial charge < -0.3 is 24.5 Å². The van der Waals surface area contributed by atoms with Crippen molar-refractivity contribution in [3.8, 4) is 0 Å². The van der Waals surface area contributed by atoms with Gasteiger partial charge >= 0.3 is 0 Å². The molecule has 4 aliphatic rings. The quantitative estimate of drug-likeness (QED) is 0.380. The van der Waals surface area contributed by atoms with E-state index in [-0.39, 0.29) is 36.4 Å². The number of hydrogen-bond acceptors (Lipinski definition) is 7. The van der Waals surface area contributed by atoms with Gasteiger partial charge in [0.15, 0.2) is 5.60 Å². The topological polar surface area (TPSA) is 121 Å². The highest BCUT2D eigenvalue weighted by Crippen LogP contribution is 2.54. The number of amides is 3. The monoisotopic (exact) mass is 626 g/mol. The molecule has 2 aromatic carbocycles. The summed E-state index contributed by atoms with van der Waals surface area (Å²) in [4.78, 5) is 45.5. The third kappa shape index (κ3) is 5.49. The van der Waals surface area contributed by atoms with E-state index in [1.54, 1.807) is 4.68 Å². The molecule has 11 heteroatoms. The molecule has 3 fully saturated rings. The third-order valence-corrected chi connectivity index (χ3v) is 10.1. The standard InChI is InChI=1S/C35H42N6O5/c1-24-20-29(14-18-38-23-26(15-19-42)36-37-38)46-35(24)30-21-28(40-17-5-3-7-33(40)44)12-13-31(30)41(34(35)45)22-25-8-10-27(11-9-25)39-16-4-2-6-32(39)43/h8-13,21,23-24,29,42H,2-7,14-20,22H2,1H3/t24-,29+,35+/m0/s1. The van der Waals surface area contributed by atoms with Gasteiger partial charge in [0.25, 0.3) is 5.91 Å². The Labute approximate surface area is 269 Å². The van der Waals surface area contributed by atoms with Gasteiger partial charge in [-0.1, -0.05) is 24.3 Å². The zero-order valence-electron chi connectivity index (χ0n) is 26.4. The van der Waals surface area contributed by atoms with E-state index < -0.39 is 5.60 Å². The number of aryl methyl sites for hydroxylation is 1. The molecule has 3 atom stereocenters. The Morgan fingerprint density at radius 1 is 0.935 bits per heavy atom. The van der Waals surface area contributed by atoms with E-state index in [4.69, 9.17) is 4.74 Å². The predicted molar refractivity (Wildman–Crippen MR) is 172 cm³/mol. The lowest BCUT2D eigenvalue weighted by Gasteiger charge is -2.30. The smallest absolute Gasteiger partial charge is 0.264 e. The Hall–Kier alpha value is -4.09. The number of carbonyl (C=O) groups excluding carboxylic acids is 3. The fraction of sp³-hybridized carbons (Fsp3) is 0.514. The van der Waals surface area contributed by atoms with Crippen LogP contribution in [0.4, 0.5) is 17.1 Å². The number of piperidine rings is 2. The number of fused-ring (bicyclic) bond motifs is 2. The van der Waals surface area contributed by atoms with E-state index >= 15 is 0 Å². The lowest BCUT2D eigenvalue weighted by atomic mass is 9.82. The molecule has 0 saturated carbocycles. The number of aliphatic hydroxyl groups excluding tert-OH is 1. The molecule has 1 spiro atoms. The first kappa shape index (κ1) is 30.6. The van der Waals surface area contributed by atoms with Crippen LogP contribution in [0.1, 0.15) is 75.1 Å². The summed E-state index contributed by atoms with van der Waals surface area (Å²) in [7, 11) is 0. The van der Waals surface area contributed by atoms with Gasteiger partial charge in [-0.3, -0.25) is 19.1 Å². The second kappa shape index (κ2) is 12.6. The van der Waals surface area contributed by atoms with E-state index in [9.17, 15) is 19.5 Å².